The van der Waals surface area contributed by atoms with Gasteiger partial charge in [-0.1, -0.05) is 0 Å². The van der Waals surface area contributed by atoms with E-state index in [0.717, 1.165) is 32.5 Å². The van der Waals surface area contributed by atoms with Gasteiger partial charge in [0.05, 0.1) is 13.2 Å². The lowest BCUT2D eigenvalue weighted by Crippen LogP contribution is -2.52. The lowest BCUT2D eigenvalue weighted by Gasteiger charge is -2.43. The number of carbonyl (C=O) groups excluding carboxylic acids is 1. The van der Waals surface area contributed by atoms with Gasteiger partial charge in [-0.25, -0.2) is 0 Å². The summed E-state index contributed by atoms with van der Waals surface area (Å²) in [4.78, 5) is 13.6. The van der Waals surface area contributed by atoms with Gasteiger partial charge in [0.2, 0.25) is 5.91 Å². The van der Waals surface area contributed by atoms with Crippen molar-refractivity contribution in [1.29, 1.82) is 0 Å². The van der Waals surface area contributed by atoms with Crippen molar-refractivity contribution in [3.8, 4) is 0 Å². The summed E-state index contributed by atoms with van der Waals surface area (Å²) in [6.45, 7) is 5.60. The maximum absolute atomic E-state index is 11.7. The molecular weight excluding hydrogens is 222 g/mol. The molecule has 98 valence electrons. The number of hydrogen-bond acceptors (Lipinski definition) is 4. The fraction of sp³-hybridized carbons (Fsp3) is 0.917. The molecule has 0 aromatic heterocycles. The normalized spacial score (nSPS) is 23.9. The molecule has 2 aliphatic heterocycles. The molecule has 0 bridgehead atoms. The minimum Gasteiger partial charge on any atom is -0.372 e. The Bertz CT molecular complexity index is 253. The van der Waals surface area contributed by atoms with Crippen LogP contribution in [0.4, 0.5) is 0 Å². The van der Waals surface area contributed by atoms with Crippen LogP contribution in [0.25, 0.3) is 0 Å². The third kappa shape index (κ3) is 3.18. The zero-order chi connectivity index (χ0) is 12.1. The Morgan fingerprint density at radius 1 is 1.29 bits per heavy atom. The van der Waals surface area contributed by atoms with Gasteiger partial charge in [-0.05, 0) is 13.3 Å². The van der Waals surface area contributed by atoms with Crippen LogP contribution in [-0.2, 0) is 19.0 Å². The summed E-state index contributed by atoms with van der Waals surface area (Å²) in [5.74, 6) is -0.349. The first-order chi connectivity index (χ1) is 8.26. The summed E-state index contributed by atoms with van der Waals surface area (Å²) in [5.41, 5.74) is 0. The van der Waals surface area contributed by atoms with Gasteiger partial charge in [0.25, 0.3) is 0 Å². The smallest absolute Gasteiger partial charge is 0.248 e. The van der Waals surface area contributed by atoms with E-state index in [1.54, 1.807) is 0 Å². The van der Waals surface area contributed by atoms with Crippen molar-refractivity contribution in [2.75, 3.05) is 39.5 Å². The number of ether oxygens (including phenoxy) is 3. The van der Waals surface area contributed by atoms with E-state index < -0.39 is 5.79 Å². The van der Waals surface area contributed by atoms with E-state index in [1.165, 1.54) is 0 Å². The zero-order valence-electron chi connectivity index (χ0n) is 10.4. The second-order valence-corrected chi connectivity index (χ2v) is 4.48. The highest BCUT2D eigenvalue weighted by Crippen LogP contribution is 2.30. The summed E-state index contributed by atoms with van der Waals surface area (Å²) in [5, 5.41) is 0. The molecule has 0 unspecified atom stereocenters. The van der Waals surface area contributed by atoms with Crippen LogP contribution in [-0.4, -0.2) is 56.1 Å². The van der Waals surface area contributed by atoms with Gasteiger partial charge in [-0.15, -0.1) is 0 Å². The van der Waals surface area contributed by atoms with Crippen LogP contribution in [0.3, 0.4) is 0 Å². The average Bonchev–Trinajstić information content (AvgIpc) is 2.38. The molecule has 0 radical (unpaired) electrons. The van der Waals surface area contributed by atoms with Crippen LogP contribution in [0.1, 0.15) is 26.2 Å². The molecule has 5 nitrogen and oxygen atoms in total. The van der Waals surface area contributed by atoms with E-state index >= 15 is 0 Å². The number of rotatable bonds is 3. The average molecular weight is 243 g/mol. The van der Waals surface area contributed by atoms with Crippen molar-refractivity contribution in [1.82, 2.24) is 4.90 Å². The maximum Gasteiger partial charge on any atom is 0.248 e. The first-order valence-corrected chi connectivity index (χ1v) is 6.39. The fourth-order valence-electron chi connectivity index (χ4n) is 2.28. The van der Waals surface area contributed by atoms with Gasteiger partial charge < -0.3 is 19.1 Å². The molecule has 0 saturated carbocycles. The Balaban J connectivity index is 1.78. The summed E-state index contributed by atoms with van der Waals surface area (Å²) in [6.07, 6.45) is 2.50. The molecule has 0 aromatic rings. The van der Waals surface area contributed by atoms with Crippen molar-refractivity contribution >= 4 is 5.91 Å². The van der Waals surface area contributed by atoms with Gasteiger partial charge in [-0.3, -0.25) is 4.79 Å². The maximum atomic E-state index is 11.7. The predicted octanol–water partition coefficient (Wildman–Crippen LogP) is 0.778. The standard InChI is InChI=1S/C12H21NO4/c1-2-15-10-11(14)13-6-4-12(5-7-13)16-8-3-9-17-12/h2-10H2,1H3. The van der Waals surface area contributed by atoms with Gasteiger partial charge in [0.1, 0.15) is 6.61 Å². The van der Waals surface area contributed by atoms with Crippen molar-refractivity contribution < 1.29 is 19.0 Å². The van der Waals surface area contributed by atoms with E-state index in [0.29, 0.717) is 19.7 Å². The lowest BCUT2D eigenvalue weighted by molar-refractivity contribution is -0.282. The molecule has 1 spiro atoms. The van der Waals surface area contributed by atoms with E-state index in [-0.39, 0.29) is 12.5 Å². The Morgan fingerprint density at radius 3 is 2.53 bits per heavy atom. The molecule has 17 heavy (non-hydrogen) atoms. The molecule has 2 heterocycles. The Kier molecular flexibility index (Phi) is 4.36. The number of hydrogen-bond donors (Lipinski definition) is 0. The Morgan fingerprint density at radius 2 is 1.94 bits per heavy atom. The van der Waals surface area contributed by atoms with E-state index in [4.69, 9.17) is 14.2 Å². The van der Waals surface area contributed by atoms with Gasteiger partial charge in [0, 0.05) is 32.5 Å². The minimum absolute atomic E-state index is 0.0671. The van der Waals surface area contributed by atoms with Crippen molar-refractivity contribution in [2.24, 2.45) is 0 Å². The monoisotopic (exact) mass is 243 g/mol. The van der Waals surface area contributed by atoms with Crippen LogP contribution < -0.4 is 0 Å². The van der Waals surface area contributed by atoms with Crippen LogP contribution in [0, 0.1) is 0 Å². The van der Waals surface area contributed by atoms with E-state index in [1.807, 2.05) is 11.8 Å². The third-order valence-corrected chi connectivity index (χ3v) is 3.33. The minimum atomic E-state index is -0.416. The quantitative estimate of drug-likeness (QED) is 0.735. The fourth-order valence-corrected chi connectivity index (χ4v) is 2.28. The molecular formula is C12H21NO4. The van der Waals surface area contributed by atoms with E-state index in [9.17, 15) is 4.79 Å². The zero-order valence-corrected chi connectivity index (χ0v) is 10.4. The highest BCUT2D eigenvalue weighted by Gasteiger charge is 2.39. The van der Waals surface area contributed by atoms with Crippen molar-refractivity contribution in [3.05, 3.63) is 0 Å². The van der Waals surface area contributed by atoms with Crippen LogP contribution in [0.2, 0.25) is 0 Å². The Labute approximate surface area is 102 Å². The first-order valence-electron chi connectivity index (χ1n) is 6.39. The van der Waals surface area contributed by atoms with Crippen molar-refractivity contribution in [2.45, 2.75) is 32.0 Å². The second-order valence-electron chi connectivity index (χ2n) is 4.48. The molecule has 2 aliphatic rings. The number of nitrogens with zero attached hydrogens (tertiary/aromatic N) is 1. The summed E-state index contributed by atoms with van der Waals surface area (Å²) >= 11 is 0. The van der Waals surface area contributed by atoms with Crippen LogP contribution >= 0.6 is 0 Å². The molecule has 2 saturated heterocycles. The Hall–Kier alpha value is -0.650. The molecule has 0 N–H and O–H groups in total. The molecule has 5 heteroatoms. The predicted molar refractivity (Wildman–Crippen MR) is 61.6 cm³/mol. The number of amides is 1. The highest BCUT2D eigenvalue weighted by atomic mass is 16.7. The summed E-state index contributed by atoms with van der Waals surface area (Å²) in [6, 6.07) is 0. The molecule has 2 rings (SSSR count). The number of carbonyl (C=O) groups is 1. The van der Waals surface area contributed by atoms with E-state index in [2.05, 4.69) is 0 Å². The molecule has 1 amide bonds. The molecule has 0 aromatic carbocycles. The second kappa shape index (κ2) is 5.80. The van der Waals surface area contributed by atoms with Gasteiger partial charge in [-0.2, -0.15) is 0 Å². The summed E-state index contributed by atoms with van der Waals surface area (Å²) in [7, 11) is 0. The number of likely N-dealkylation sites (tertiary alicyclic amines) is 1. The lowest BCUT2D eigenvalue weighted by atomic mass is 10.0. The van der Waals surface area contributed by atoms with Crippen molar-refractivity contribution in [3.63, 3.8) is 0 Å². The SMILES string of the molecule is CCOCC(=O)N1CCC2(CC1)OCCCO2. The topological polar surface area (TPSA) is 48.0 Å². The molecule has 2 fully saturated rings. The molecule has 0 atom stereocenters. The van der Waals surface area contributed by atoms with Crippen LogP contribution in [0.5, 0.6) is 0 Å². The van der Waals surface area contributed by atoms with Crippen LogP contribution in [0.15, 0.2) is 0 Å². The largest absolute Gasteiger partial charge is 0.372 e. The van der Waals surface area contributed by atoms with Gasteiger partial charge >= 0.3 is 0 Å². The highest BCUT2D eigenvalue weighted by molar-refractivity contribution is 5.77. The molecule has 0 aliphatic carbocycles. The van der Waals surface area contributed by atoms with Gasteiger partial charge in [0.15, 0.2) is 5.79 Å². The third-order valence-electron chi connectivity index (χ3n) is 3.33. The number of piperidine rings is 1. The summed E-state index contributed by atoms with van der Waals surface area (Å²) < 4.78 is 16.6. The first kappa shape index (κ1) is 12.8.